The molecular formula is C26H22BrClN2O3. The van der Waals surface area contributed by atoms with Gasteiger partial charge in [-0.05, 0) is 66.6 Å². The number of ether oxygens (including phenoxy) is 1. The molecule has 0 atom stereocenters. The molecule has 0 unspecified atom stereocenters. The van der Waals surface area contributed by atoms with Crippen LogP contribution in [0, 0.1) is 0 Å². The summed E-state index contributed by atoms with van der Waals surface area (Å²) < 4.78 is 8.80. The lowest BCUT2D eigenvalue weighted by atomic mass is 10.0. The predicted molar refractivity (Wildman–Crippen MR) is 134 cm³/mol. The number of carboxylic acids is 1. The number of aromatic nitrogens is 2. The number of rotatable bonds is 8. The number of aliphatic carboxylic acids is 1. The summed E-state index contributed by atoms with van der Waals surface area (Å²) in [7, 11) is 0. The van der Waals surface area contributed by atoms with Gasteiger partial charge >= 0.3 is 5.97 Å². The van der Waals surface area contributed by atoms with Crippen molar-refractivity contribution in [1.82, 2.24) is 9.78 Å². The summed E-state index contributed by atoms with van der Waals surface area (Å²) in [6.45, 7) is 2.60. The normalized spacial score (nSPS) is 10.9. The molecule has 0 aliphatic heterocycles. The molecule has 4 aromatic rings. The Morgan fingerprint density at radius 2 is 1.88 bits per heavy atom. The standard InChI is InChI=1S/C26H22BrClN2O3/c1-2-12-33-25-11-6-17(14-26(31)32)13-22(25)23-16-24(18-4-3-5-19(27)15-18)30(29-23)21-9-7-20(28)8-10-21/h3-11,13,15-16H,2,12,14H2,1H3,(H,31,32). The third kappa shape index (κ3) is 5.46. The summed E-state index contributed by atoms with van der Waals surface area (Å²) in [6.07, 6.45) is 0.788. The molecule has 0 saturated heterocycles. The topological polar surface area (TPSA) is 64.3 Å². The summed E-state index contributed by atoms with van der Waals surface area (Å²) in [6, 6.07) is 22.9. The Balaban J connectivity index is 1.90. The van der Waals surface area contributed by atoms with Crippen molar-refractivity contribution in [2.24, 2.45) is 0 Å². The van der Waals surface area contributed by atoms with E-state index in [4.69, 9.17) is 21.4 Å². The van der Waals surface area contributed by atoms with E-state index < -0.39 is 5.97 Å². The van der Waals surface area contributed by atoms with Crippen molar-refractivity contribution in [3.05, 3.63) is 87.9 Å². The molecular weight excluding hydrogens is 504 g/mol. The van der Waals surface area contributed by atoms with Crippen molar-refractivity contribution in [2.45, 2.75) is 19.8 Å². The summed E-state index contributed by atoms with van der Waals surface area (Å²) in [4.78, 5) is 11.3. The molecule has 0 saturated carbocycles. The number of hydrogen-bond acceptors (Lipinski definition) is 3. The minimum Gasteiger partial charge on any atom is -0.493 e. The first-order valence-corrected chi connectivity index (χ1v) is 11.7. The largest absolute Gasteiger partial charge is 0.493 e. The van der Waals surface area contributed by atoms with Gasteiger partial charge in [0.1, 0.15) is 5.75 Å². The van der Waals surface area contributed by atoms with Gasteiger partial charge in [-0.2, -0.15) is 5.10 Å². The summed E-state index contributed by atoms with van der Waals surface area (Å²) in [5, 5.41) is 14.8. The third-order valence-corrected chi connectivity index (χ3v) is 5.78. The van der Waals surface area contributed by atoms with E-state index in [9.17, 15) is 9.90 Å². The molecule has 1 N–H and O–H groups in total. The van der Waals surface area contributed by atoms with Gasteiger partial charge in [0.15, 0.2) is 0 Å². The highest BCUT2D eigenvalue weighted by molar-refractivity contribution is 9.10. The quantitative estimate of drug-likeness (QED) is 0.268. The van der Waals surface area contributed by atoms with Gasteiger partial charge in [0, 0.05) is 20.6 Å². The summed E-state index contributed by atoms with van der Waals surface area (Å²) in [5.74, 6) is -0.211. The van der Waals surface area contributed by atoms with E-state index in [0.717, 1.165) is 33.4 Å². The second-order valence-electron chi connectivity index (χ2n) is 7.56. The minimum atomic E-state index is -0.885. The second kappa shape index (κ2) is 10.2. The van der Waals surface area contributed by atoms with Crippen LogP contribution in [0.3, 0.4) is 0 Å². The molecule has 4 rings (SSSR count). The van der Waals surface area contributed by atoms with Crippen molar-refractivity contribution < 1.29 is 14.6 Å². The van der Waals surface area contributed by atoms with Crippen LogP contribution in [0.15, 0.2) is 77.3 Å². The Morgan fingerprint density at radius 3 is 2.58 bits per heavy atom. The van der Waals surface area contributed by atoms with Gasteiger partial charge < -0.3 is 9.84 Å². The van der Waals surface area contributed by atoms with Gasteiger partial charge in [-0.1, -0.05) is 52.7 Å². The van der Waals surface area contributed by atoms with Gasteiger partial charge in [0.2, 0.25) is 0 Å². The van der Waals surface area contributed by atoms with Crippen LogP contribution in [-0.4, -0.2) is 27.5 Å². The fourth-order valence-electron chi connectivity index (χ4n) is 3.55. The zero-order valence-electron chi connectivity index (χ0n) is 18.0. The molecule has 1 aromatic heterocycles. The highest BCUT2D eigenvalue weighted by Gasteiger charge is 2.18. The average Bonchev–Trinajstić information content (AvgIpc) is 3.23. The van der Waals surface area contributed by atoms with E-state index >= 15 is 0 Å². The van der Waals surface area contributed by atoms with Crippen LogP contribution in [0.2, 0.25) is 5.02 Å². The number of carboxylic acid groups (broad SMARTS) is 1. The molecule has 3 aromatic carbocycles. The van der Waals surface area contributed by atoms with Gasteiger partial charge in [-0.3, -0.25) is 4.79 Å². The van der Waals surface area contributed by atoms with E-state index in [1.807, 2.05) is 78.3 Å². The molecule has 0 bridgehead atoms. The first-order valence-electron chi connectivity index (χ1n) is 10.5. The molecule has 5 nitrogen and oxygen atoms in total. The van der Waals surface area contributed by atoms with Crippen molar-refractivity contribution in [1.29, 1.82) is 0 Å². The van der Waals surface area contributed by atoms with Crippen LogP contribution >= 0.6 is 27.5 Å². The lowest BCUT2D eigenvalue weighted by Gasteiger charge is -2.11. The van der Waals surface area contributed by atoms with Crippen molar-refractivity contribution in [2.75, 3.05) is 6.61 Å². The predicted octanol–water partition coefficient (Wildman–Crippen LogP) is 7.04. The maximum atomic E-state index is 11.3. The van der Waals surface area contributed by atoms with E-state index in [1.54, 1.807) is 6.07 Å². The molecule has 33 heavy (non-hydrogen) atoms. The SMILES string of the molecule is CCCOc1ccc(CC(=O)O)cc1-c1cc(-c2cccc(Br)c2)n(-c2ccc(Cl)cc2)n1. The number of nitrogens with zero attached hydrogens (tertiary/aromatic N) is 2. The molecule has 168 valence electrons. The second-order valence-corrected chi connectivity index (χ2v) is 8.91. The molecule has 7 heteroatoms. The highest BCUT2D eigenvalue weighted by atomic mass is 79.9. The molecule has 0 radical (unpaired) electrons. The Morgan fingerprint density at radius 1 is 1.09 bits per heavy atom. The van der Waals surface area contributed by atoms with Crippen molar-refractivity contribution in [3.8, 4) is 34.0 Å². The summed E-state index contributed by atoms with van der Waals surface area (Å²) in [5.41, 5.74) is 4.86. The van der Waals surface area contributed by atoms with Crippen molar-refractivity contribution >= 4 is 33.5 Å². The fourth-order valence-corrected chi connectivity index (χ4v) is 4.07. The molecule has 0 amide bonds. The van der Waals surface area contributed by atoms with Crippen LogP contribution < -0.4 is 4.74 Å². The average molecular weight is 526 g/mol. The van der Waals surface area contributed by atoms with Crippen LogP contribution in [0.4, 0.5) is 0 Å². The maximum absolute atomic E-state index is 11.3. The van der Waals surface area contributed by atoms with E-state index in [-0.39, 0.29) is 6.42 Å². The zero-order chi connectivity index (χ0) is 23.4. The third-order valence-electron chi connectivity index (χ3n) is 5.04. The molecule has 0 aliphatic rings. The Labute approximate surface area is 205 Å². The summed E-state index contributed by atoms with van der Waals surface area (Å²) >= 11 is 9.66. The Kier molecular flexibility index (Phi) is 7.16. The Hall–Kier alpha value is -3.09. The molecule has 1 heterocycles. The van der Waals surface area contributed by atoms with Gasteiger partial charge in [0.25, 0.3) is 0 Å². The minimum absolute atomic E-state index is 0.0720. The van der Waals surface area contributed by atoms with Crippen molar-refractivity contribution in [3.63, 3.8) is 0 Å². The molecule has 0 spiro atoms. The van der Waals surface area contributed by atoms with Gasteiger partial charge in [-0.15, -0.1) is 0 Å². The van der Waals surface area contributed by atoms with E-state index in [2.05, 4.69) is 15.9 Å². The maximum Gasteiger partial charge on any atom is 0.307 e. The number of hydrogen-bond donors (Lipinski definition) is 1. The Bertz CT molecular complexity index is 1290. The zero-order valence-corrected chi connectivity index (χ0v) is 20.3. The highest BCUT2D eigenvalue weighted by Crippen LogP contribution is 2.35. The monoisotopic (exact) mass is 524 g/mol. The lowest BCUT2D eigenvalue weighted by molar-refractivity contribution is -0.136. The van der Waals surface area contributed by atoms with Gasteiger partial charge in [-0.25, -0.2) is 4.68 Å². The van der Waals surface area contributed by atoms with Crippen LogP contribution in [0.5, 0.6) is 5.75 Å². The lowest BCUT2D eigenvalue weighted by Crippen LogP contribution is -2.03. The van der Waals surface area contributed by atoms with E-state index in [0.29, 0.717) is 28.6 Å². The smallest absolute Gasteiger partial charge is 0.307 e. The molecule has 0 fully saturated rings. The van der Waals surface area contributed by atoms with Crippen LogP contribution in [0.25, 0.3) is 28.2 Å². The van der Waals surface area contributed by atoms with E-state index in [1.165, 1.54) is 0 Å². The number of carbonyl (C=O) groups is 1. The first kappa shape index (κ1) is 23.1. The number of benzene rings is 3. The fraction of sp³-hybridized carbons (Fsp3) is 0.154. The van der Waals surface area contributed by atoms with Crippen LogP contribution in [-0.2, 0) is 11.2 Å². The first-order chi connectivity index (χ1) is 15.9. The number of halogens is 2. The van der Waals surface area contributed by atoms with Gasteiger partial charge in [0.05, 0.1) is 30.1 Å². The van der Waals surface area contributed by atoms with Crippen LogP contribution in [0.1, 0.15) is 18.9 Å². The molecule has 0 aliphatic carbocycles.